The van der Waals surface area contributed by atoms with Gasteiger partial charge in [0.25, 0.3) is 0 Å². The van der Waals surface area contributed by atoms with Crippen molar-refractivity contribution in [3.8, 4) is 55.6 Å². The molecule has 0 aliphatic heterocycles. The van der Waals surface area contributed by atoms with Crippen molar-refractivity contribution < 1.29 is 0 Å². The zero-order valence-electron chi connectivity index (χ0n) is 31.8. The summed E-state index contributed by atoms with van der Waals surface area (Å²) in [4.78, 5) is 2.46. The normalized spacial score (nSPS) is 14.1. The molecular formula is C54H43N. The van der Waals surface area contributed by atoms with Crippen LogP contribution in [-0.2, 0) is 10.8 Å². The van der Waals surface area contributed by atoms with Crippen molar-refractivity contribution in [3.63, 3.8) is 0 Å². The molecule has 0 fully saturated rings. The molecule has 0 radical (unpaired) electrons. The van der Waals surface area contributed by atoms with Crippen molar-refractivity contribution in [1.29, 1.82) is 0 Å². The summed E-state index contributed by atoms with van der Waals surface area (Å²) < 4.78 is 0. The third-order valence-electron chi connectivity index (χ3n) is 12.3. The van der Waals surface area contributed by atoms with Crippen LogP contribution in [0.3, 0.4) is 0 Å². The van der Waals surface area contributed by atoms with Crippen LogP contribution in [0.5, 0.6) is 0 Å². The molecule has 0 saturated carbocycles. The molecule has 2 aliphatic carbocycles. The average molecular weight is 706 g/mol. The van der Waals surface area contributed by atoms with E-state index in [2.05, 4.69) is 221 Å². The largest absolute Gasteiger partial charge is 0.310 e. The third kappa shape index (κ3) is 5.29. The van der Waals surface area contributed by atoms with E-state index in [0.29, 0.717) is 0 Å². The number of nitrogens with zero attached hydrogens (tertiary/aromatic N) is 1. The Balaban J connectivity index is 1.10. The SMILES string of the molecule is CC1(C)c2ccccc2-c2ccc(N(c3ccc(-c4ccccc4)cc3)c3ccc4c(c3)C(C)(C)c3cccc(-c5ccc(-c6ccccc6)cc5)c3-4)cc21. The number of rotatable bonds is 6. The fourth-order valence-corrected chi connectivity index (χ4v) is 9.34. The van der Waals surface area contributed by atoms with Gasteiger partial charge >= 0.3 is 0 Å². The third-order valence-corrected chi connectivity index (χ3v) is 12.3. The standard InChI is InChI=1S/C54H43N/c1-53(2)48-20-12-11-18-45(48)46-32-30-42(34-50(46)53)55(41-28-26-39(27-29-41)37-16-9-6-10-17-37)43-31-33-47-51(35-43)54(3,4)49-21-13-19-44(52(47)49)40-24-22-38(23-25-40)36-14-7-5-8-15-36/h5-35H,1-4H3. The van der Waals surface area contributed by atoms with Gasteiger partial charge in [-0.3, -0.25) is 0 Å². The second kappa shape index (κ2) is 12.6. The first-order valence-corrected chi connectivity index (χ1v) is 19.4. The summed E-state index contributed by atoms with van der Waals surface area (Å²) in [5.74, 6) is 0. The molecule has 0 spiro atoms. The van der Waals surface area contributed by atoms with E-state index in [-0.39, 0.29) is 10.8 Å². The fraction of sp³-hybridized carbons (Fsp3) is 0.111. The van der Waals surface area contributed by atoms with E-state index in [1.807, 2.05) is 0 Å². The highest BCUT2D eigenvalue weighted by Crippen LogP contribution is 2.55. The first-order valence-electron chi connectivity index (χ1n) is 19.4. The predicted octanol–water partition coefficient (Wildman–Crippen LogP) is 14.8. The van der Waals surface area contributed by atoms with E-state index in [1.165, 1.54) is 83.6 Å². The summed E-state index contributed by atoms with van der Waals surface area (Å²) in [6, 6.07) is 69.4. The first-order chi connectivity index (χ1) is 26.8. The molecule has 0 unspecified atom stereocenters. The molecule has 55 heavy (non-hydrogen) atoms. The van der Waals surface area contributed by atoms with E-state index in [9.17, 15) is 0 Å². The monoisotopic (exact) mass is 705 g/mol. The van der Waals surface area contributed by atoms with E-state index < -0.39 is 0 Å². The second-order valence-electron chi connectivity index (χ2n) is 16.2. The van der Waals surface area contributed by atoms with Crippen LogP contribution in [0.2, 0.25) is 0 Å². The van der Waals surface area contributed by atoms with Crippen LogP contribution < -0.4 is 4.90 Å². The predicted molar refractivity (Wildman–Crippen MR) is 233 cm³/mol. The minimum absolute atomic E-state index is 0.0952. The molecule has 0 saturated heterocycles. The lowest BCUT2D eigenvalue weighted by Gasteiger charge is -2.30. The first kappa shape index (κ1) is 33.2. The van der Waals surface area contributed by atoms with Crippen molar-refractivity contribution in [2.75, 3.05) is 4.90 Å². The van der Waals surface area contributed by atoms with Gasteiger partial charge in [0, 0.05) is 27.9 Å². The van der Waals surface area contributed by atoms with Crippen molar-refractivity contribution >= 4 is 17.1 Å². The van der Waals surface area contributed by atoms with E-state index >= 15 is 0 Å². The van der Waals surface area contributed by atoms with Gasteiger partial charge in [0.1, 0.15) is 0 Å². The zero-order valence-corrected chi connectivity index (χ0v) is 31.8. The Morgan fingerprint density at radius 3 is 1.35 bits per heavy atom. The van der Waals surface area contributed by atoms with E-state index in [4.69, 9.17) is 0 Å². The number of hydrogen-bond donors (Lipinski definition) is 0. The van der Waals surface area contributed by atoms with Crippen LogP contribution >= 0.6 is 0 Å². The molecule has 0 N–H and O–H groups in total. The number of benzene rings is 8. The van der Waals surface area contributed by atoms with Gasteiger partial charge < -0.3 is 4.90 Å². The zero-order chi connectivity index (χ0) is 37.3. The quantitative estimate of drug-likeness (QED) is 0.166. The average Bonchev–Trinajstić information content (AvgIpc) is 3.61. The van der Waals surface area contributed by atoms with Gasteiger partial charge in [-0.2, -0.15) is 0 Å². The molecule has 1 heteroatoms. The molecular weight excluding hydrogens is 663 g/mol. The second-order valence-corrected chi connectivity index (χ2v) is 16.2. The summed E-state index contributed by atoms with van der Waals surface area (Å²) >= 11 is 0. The van der Waals surface area contributed by atoms with Gasteiger partial charge in [-0.1, -0.05) is 179 Å². The molecule has 2 aliphatic rings. The Morgan fingerprint density at radius 1 is 0.291 bits per heavy atom. The Bertz CT molecular complexity index is 2720. The Kier molecular flexibility index (Phi) is 7.58. The minimum Gasteiger partial charge on any atom is -0.310 e. The molecule has 0 aromatic heterocycles. The van der Waals surface area contributed by atoms with Crippen LogP contribution in [-0.4, -0.2) is 0 Å². The Morgan fingerprint density at radius 2 is 0.709 bits per heavy atom. The van der Waals surface area contributed by atoms with Crippen LogP contribution in [0.25, 0.3) is 55.6 Å². The lowest BCUT2D eigenvalue weighted by atomic mass is 9.81. The summed E-state index contributed by atoms with van der Waals surface area (Å²) in [7, 11) is 0. The van der Waals surface area contributed by atoms with Crippen LogP contribution in [0.1, 0.15) is 49.9 Å². The molecule has 10 rings (SSSR count). The van der Waals surface area contributed by atoms with E-state index in [1.54, 1.807) is 0 Å². The van der Waals surface area contributed by atoms with Crippen molar-refractivity contribution in [1.82, 2.24) is 0 Å². The van der Waals surface area contributed by atoms with Crippen molar-refractivity contribution in [2.45, 2.75) is 38.5 Å². The Labute approximate surface area is 325 Å². The van der Waals surface area contributed by atoms with Gasteiger partial charge in [0.05, 0.1) is 0 Å². The molecule has 0 amide bonds. The summed E-state index contributed by atoms with van der Waals surface area (Å²) in [6.07, 6.45) is 0. The highest BCUT2D eigenvalue weighted by molar-refractivity contribution is 5.95. The highest BCUT2D eigenvalue weighted by Gasteiger charge is 2.38. The summed E-state index contributed by atoms with van der Waals surface area (Å²) in [5.41, 5.74) is 21.5. The van der Waals surface area contributed by atoms with Crippen LogP contribution in [0.4, 0.5) is 17.1 Å². The maximum absolute atomic E-state index is 2.46. The molecule has 264 valence electrons. The van der Waals surface area contributed by atoms with Gasteiger partial charge in [-0.15, -0.1) is 0 Å². The van der Waals surface area contributed by atoms with Crippen LogP contribution in [0.15, 0.2) is 188 Å². The van der Waals surface area contributed by atoms with Gasteiger partial charge in [0.15, 0.2) is 0 Å². The summed E-state index contributed by atoms with van der Waals surface area (Å²) in [5, 5.41) is 0. The minimum atomic E-state index is -0.176. The summed E-state index contributed by atoms with van der Waals surface area (Å²) in [6.45, 7) is 9.50. The van der Waals surface area contributed by atoms with Gasteiger partial charge in [-0.05, 0) is 114 Å². The number of hydrogen-bond acceptors (Lipinski definition) is 1. The molecule has 0 bridgehead atoms. The Hall–Kier alpha value is -6.44. The molecule has 0 heterocycles. The van der Waals surface area contributed by atoms with Crippen LogP contribution in [0, 0.1) is 0 Å². The van der Waals surface area contributed by atoms with Crippen molar-refractivity contribution in [2.24, 2.45) is 0 Å². The fourth-order valence-electron chi connectivity index (χ4n) is 9.34. The van der Waals surface area contributed by atoms with E-state index in [0.717, 1.165) is 11.4 Å². The molecule has 1 nitrogen and oxygen atoms in total. The number of fused-ring (bicyclic) bond motifs is 6. The molecule has 8 aromatic rings. The van der Waals surface area contributed by atoms with Crippen molar-refractivity contribution in [3.05, 3.63) is 210 Å². The van der Waals surface area contributed by atoms with Gasteiger partial charge in [0.2, 0.25) is 0 Å². The highest BCUT2D eigenvalue weighted by atomic mass is 15.1. The van der Waals surface area contributed by atoms with Gasteiger partial charge in [-0.25, -0.2) is 0 Å². The molecule has 8 aromatic carbocycles. The lowest BCUT2D eigenvalue weighted by Crippen LogP contribution is -2.18. The molecule has 0 atom stereocenters. The maximum Gasteiger partial charge on any atom is 0.0465 e. The number of anilines is 3. The lowest BCUT2D eigenvalue weighted by molar-refractivity contribution is 0.660. The maximum atomic E-state index is 2.46. The topological polar surface area (TPSA) is 3.24 Å². The smallest absolute Gasteiger partial charge is 0.0465 e.